The van der Waals surface area contributed by atoms with Gasteiger partial charge in [0, 0.05) is 12.8 Å². The molecule has 6 nitrogen and oxygen atoms in total. The van der Waals surface area contributed by atoms with Crippen molar-refractivity contribution in [3.63, 3.8) is 0 Å². The zero-order valence-electron chi connectivity index (χ0n) is 51.3. The molecule has 2 atom stereocenters. The Bertz CT molecular complexity index is 1230. The largest absolute Gasteiger partial charge is 0.466 e. The zero-order chi connectivity index (χ0) is 55.0. The molecule has 0 saturated heterocycles. The smallest absolute Gasteiger partial charge is 0.305 e. The van der Waals surface area contributed by atoms with E-state index in [1.807, 2.05) is 6.08 Å². The number of carbonyl (C=O) groups is 2. The van der Waals surface area contributed by atoms with E-state index in [1.54, 1.807) is 6.08 Å². The number of carbonyl (C=O) groups excluding carboxylic acids is 2. The maximum atomic E-state index is 12.5. The summed E-state index contributed by atoms with van der Waals surface area (Å²) in [5.74, 6) is -0.0655. The van der Waals surface area contributed by atoms with E-state index in [0.717, 1.165) is 44.9 Å². The van der Waals surface area contributed by atoms with E-state index in [4.69, 9.17) is 4.74 Å². The second-order valence-corrected chi connectivity index (χ2v) is 23.5. The number of hydrogen-bond donors (Lipinski definition) is 3. The lowest BCUT2D eigenvalue weighted by Crippen LogP contribution is -2.45. The second-order valence-electron chi connectivity index (χ2n) is 23.5. The van der Waals surface area contributed by atoms with Crippen LogP contribution in [0.25, 0.3) is 0 Å². The SMILES string of the molecule is CCCCCCC/C=C\CCCCCCCC(=O)OCCCCCCCCCCCCCC/C=C\CCCCCCCCCCC(=O)NC(CO)C(O)/C=C/CCCCCCCCCCCCCCCCCCCCC. The van der Waals surface area contributed by atoms with Gasteiger partial charge in [0.1, 0.15) is 0 Å². The van der Waals surface area contributed by atoms with Crippen molar-refractivity contribution in [2.24, 2.45) is 0 Å². The Morgan fingerprint density at radius 1 is 0.355 bits per heavy atom. The molecule has 0 aliphatic heterocycles. The molecule has 0 radical (unpaired) electrons. The Hall–Kier alpha value is -1.92. The molecule has 76 heavy (non-hydrogen) atoms. The Kier molecular flexibility index (Phi) is 63.9. The number of esters is 1. The molecule has 3 N–H and O–H groups in total. The van der Waals surface area contributed by atoms with Gasteiger partial charge in [0.15, 0.2) is 0 Å². The molecule has 0 aliphatic rings. The number of ether oxygens (including phenoxy) is 1. The summed E-state index contributed by atoms with van der Waals surface area (Å²) in [5.41, 5.74) is 0. The molecule has 0 rings (SSSR count). The first-order valence-electron chi connectivity index (χ1n) is 34.3. The van der Waals surface area contributed by atoms with Gasteiger partial charge in [-0.3, -0.25) is 9.59 Å². The van der Waals surface area contributed by atoms with Crippen molar-refractivity contribution in [3.05, 3.63) is 36.5 Å². The van der Waals surface area contributed by atoms with Crippen LogP contribution in [-0.2, 0) is 14.3 Å². The highest BCUT2D eigenvalue weighted by atomic mass is 16.5. The molecule has 6 heteroatoms. The third kappa shape index (κ3) is 61.3. The molecule has 0 spiro atoms. The molecule has 0 saturated carbocycles. The average molecular weight is 1070 g/mol. The zero-order valence-corrected chi connectivity index (χ0v) is 51.3. The van der Waals surface area contributed by atoms with Crippen LogP contribution >= 0.6 is 0 Å². The van der Waals surface area contributed by atoms with E-state index < -0.39 is 12.1 Å². The van der Waals surface area contributed by atoms with Crippen LogP contribution in [0.1, 0.15) is 373 Å². The first-order chi connectivity index (χ1) is 37.5. The third-order valence-electron chi connectivity index (χ3n) is 15.9. The van der Waals surface area contributed by atoms with Crippen LogP contribution in [0.3, 0.4) is 0 Å². The lowest BCUT2D eigenvalue weighted by atomic mass is 10.0. The number of allylic oxidation sites excluding steroid dienone is 5. The first kappa shape index (κ1) is 74.1. The van der Waals surface area contributed by atoms with Gasteiger partial charge in [0.2, 0.25) is 5.91 Å². The van der Waals surface area contributed by atoms with E-state index >= 15 is 0 Å². The number of hydrogen-bond acceptors (Lipinski definition) is 5. The molecule has 448 valence electrons. The summed E-state index contributed by atoms with van der Waals surface area (Å²) >= 11 is 0. The minimum Gasteiger partial charge on any atom is -0.466 e. The fraction of sp³-hybridized carbons (Fsp3) is 0.886. The average Bonchev–Trinajstić information content (AvgIpc) is 3.42. The molecular weight excluding hydrogens is 935 g/mol. The molecule has 2 unspecified atom stereocenters. The number of unbranched alkanes of at least 4 members (excludes halogenated alkanes) is 49. The van der Waals surface area contributed by atoms with Crippen LogP contribution in [-0.4, -0.2) is 47.4 Å². The Morgan fingerprint density at radius 2 is 0.618 bits per heavy atom. The van der Waals surface area contributed by atoms with Crippen LogP contribution in [0.4, 0.5) is 0 Å². The van der Waals surface area contributed by atoms with Crippen LogP contribution in [0.5, 0.6) is 0 Å². The summed E-state index contributed by atoms with van der Waals surface area (Å²) in [6, 6.07) is -0.632. The van der Waals surface area contributed by atoms with Gasteiger partial charge < -0.3 is 20.3 Å². The third-order valence-corrected chi connectivity index (χ3v) is 15.9. The Labute approximate surface area is 474 Å². The molecule has 0 aromatic carbocycles. The Morgan fingerprint density at radius 3 is 0.934 bits per heavy atom. The maximum Gasteiger partial charge on any atom is 0.305 e. The second kappa shape index (κ2) is 65.6. The van der Waals surface area contributed by atoms with Gasteiger partial charge in [0.05, 0.1) is 25.4 Å². The van der Waals surface area contributed by atoms with E-state index in [0.29, 0.717) is 19.4 Å². The van der Waals surface area contributed by atoms with Crippen molar-refractivity contribution >= 4 is 11.9 Å². The van der Waals surface area contributed by atoms with Gasteiger partial charge >= 0.3 is 5.97 Å². The highest BCUT2D eigenvalue weighted by Gasteiger charge is 2.18. The lowest BCUT2D eigenvalue weighted by molar-refractivity contribution is -0.143. The summed E-state index contributed by atoms with van der Waals surface area (Å²) < 4.78 is 5.48. The summed E-state index contributed by atoms with van der Waals surface area (Å²) in [7, 11) is 0. The summed E-state index contributed by atoms with van der Waals surface area (Å²) in [6.45, 7) is 4.92. The molecule has 0 heterocycles. The van der Waals surface area contributed by atoms with Crippen LogP contribution in [0.2, 0.25) is 0 Å². The van der Waals surface area contributed by atoms with Crippen molar-refractivity contribution in [2.75, 3.05) is 13.2 Å². The van der Waals surface area contributed by atoms with E-state index in [2.05, 4.69) is 43.5 Å². The maximum absolute atomic E-state index is 12.5. The van der Waals surface area contributed by atoms with E-state index in [-0.39, 0.29) is 18.5 Å². The van der Waals surface area contributed by atoms with Crippen molar-refractivity contribution in [1.29, 1.82) is 0 Å². The number of aliphatic hydroxyl groups excluding tert-OH is 2. The van der Waals surface area contributed by atoms with Crippen LogP contribution in [0, 0.1) is 0 Å². The van der Waals surface area contributed by atoms with Gasteiger partial charge in [-0.25, -0.2) is 0 Å². The topological polar surface area (TPSA) is 95.9 Å². The summed E-state index contributed by atoms with van der Waals surface area (Å²) in [5, 5.41) is 23.2. The lowest BCUT2D eigenvalue weighted by Gasteiger charge is -2.20. The van der Waals surface area contributed by atoms with Gasteiger partial charge in [-0.2, -0.15) is 0 Å². The first-order valence-corrected chi connectivity index (χ1v) is 34.3. The van der Waals surface area contributed by atoms with E-state index in [1.165, 1.54) is 302 Å². The van der Waals surface area contributed by atoms with Gasteiger partial charge in [-0.1, -0.05) is 314 Å². The number of aliphatic hydroxyl groups is 2. The quantitative estimate of drug-likeness (QED) is 0.0320. The molecule has 0 aliphatic carbocycles. The Balaban J connectivity index is 3.44. The fourth-order valence-corrected chi connectivity index (χ4v) is 10.6. The predicted octanol–water partition coefficient (Wildman–Crippen LogP) is 21.9. The van der Waals surface area contributed by atoms with Crippen LogP contribution in [0.15, 0.2) is 36.5 Å². The van der Waals surface area contributed by atoms with Crippen LogP contribution < -0.4 is 5.32 Å². The van der Waals surface area contributed by atoms with Crippen molar-refractivity contribution < 1.29 is 24.5 Å². The molecule has 0 fully saturated rings. The minimum atomic E-state index is -0.849. The highest BCUT2D eigenvalue weighted by molar-refractivity contribution is 5.76. The minimum absolute atomic E-state index is 0.00386. The normalized spacial score (nSPS) is 12.7. The van der Waals surface area contributed by atoms with Gasteiger partial charge in [-0.15, -0.1) is 0 Å². The van der Waals surface area contributed by atoms with Crippen molar-refractivity contribution in [3.8, 4) is 0 Å². The van der Waals surface area contributed by atoms with Gasteiger partial charge in [-0.05, 0) is 83.5 Å². The van der Waals surface area contributed by atoms with Crippen molar-refractivity contribution in [2.45, 2.75) is 386 Å². The van der Waals surface area contributed by atoms with Crippen molar-refractivity contribution in [1.82, 2.24) is 5.32 Å². The number of rotatable bonds is 64. The standard InChI is InChI=1S/C70H133NO5/c1-3-5-7-9-11-13-15-17-19-20-21-26-29-32-35-38-42-46-50-54-58-62-68(73)67(66-72)71-69(74)63-59-55-51-47-43-39-36-33-30-27-24-22-23-25-28-31-34-37-41-45-49-53-57-61-65-76-70(75)64-60-56-52-48-44-40-18-16-14-12-10-8-6-4-2/h16,18,24,27,58,62,67-68,72-73H,3-15,17,19-23,25-26,28-57,59-61,63-66H2,1-2H3,(H,71,74)/b18-16-,27-24-,62-58+. The summed E-state index contributed by atoms with van der Waals surface area (Å²) in [4.78, 5) is 24.6. The molecular formula is C70H133NO5. The predicted molar refractivity (Wildman–Crippen MR) is 333 cm³/mol. The fourth-order valence-electron chi connectivity index (χ4n) is 10.6. The molecule has 0 aromatic heterocycles. The number of nitrogens with one attached hydrogen (secondary N) is 1. The number of amides is 1. The highest BCUT2D eigenvalue weighted by Crippen LogP contribution is 2.18. The molecule has 1 amide bonds. The monoisotopic (exact) mass is 1070 g/mol. The van der Waals surface area contributed by atoms with E-state index in [9.17, 15) is 19.8 Å². The molecule has 0 bridgehead atoms. The van der Waals surface area contributed by atoms with Gasteiger partial charge in [0.25, 0.3) is 0 Å². The summed E-state index contributed by atoms with van der Waals surface area (Å²) in [6.07, 6.45) is 83.5. The molecule has 0 aromatic rings.